The third-order valence-electron chi connectivity index (χ3n) is 2.75. The maximum atomic E-state index is 11.6. The Labute approximate surface area is 127 Å². The number of rotatable bonds is 7. The van der Waals surface area contributed by atoms with Gasteiger partial charge in [-0.15, -0.1) is 0 Å². The Morgan fingerprint density at radius 3 is 2.76 bits per heavy atom. The van der Waals surface area contributed by atoms with E-state index in [0.29, 0.717) is 23.7 Å². The van der Waals surface area contributed by atoms with Crippen molar-refractivity contribution in [1.82, 2.24) is 15.3 Å². The molecule has 0 fully saturated rings. The molecule has 2 aromatic rings. The topological polar surface area (TPSA) is 93.0 Å². The van der Waals surface area contributed by atoms with E-state index in [-0.39, 0.29) is 12.5 Å². The summed E-state index contributed by atoms with van der Waals surface area (Å²) in [4.78, 5) is 19.0. The van der Waals surface area contributed by atoms with Gasteiger partial charge in [0.05, 0.1) is 0 Å². The van der Waals surface area contributed by atoms with Crippen LogP contribution in [0, 0.1) is 0 Å². The molecular weight excluding hydrogens is 288 g/mol. The summed E-state index contributed by atoms with van der Waals surface area (Å²) in [5.41, 5.74) is 6.26. The monoisotopic (exact) mass is 304 g/mol. The number of carbonyl (C=O) groups excluding carboxylic acids is 1. The van der Waals surface area contributed by atoms with Crippen LogP contribution < -0.4 is 15.8 Å². The molecule has 21 heavy (non-hydrogen) atoms. The average Bonchev–Trinajstić information content (AvgIpc) is 2.99. The van der Waals surface area contributed by atoms with Crippen LogP contribution in [0.4, 0.5) is 0 Å². The van der Waals surface area contributed by atoms with Gasteiger partial charge in [-0.1, -0.05) is 12.2 Å². The molecule has 1 heterocycles. The normalized spacial score (nSPS) is 10.1. The number of carbonyl (C=O) groups is 1. The molecule has 0 spiro atoms. The third kappa shape index (κ3) is 4.88. The molecule has 1 amide bonds. The predicted molar refractivity (Wildman–Crippen MR) is 83.1 cm³/mol. The first kappa shape index (κ1) is 15.0. The Bertz CT molecular complexity index is 596. The maximum absolute atomic E-state index is 11.6. The summed E-state index contributed by atoms with van der Waals surface area (Å²) < 4.78 is 5.37. The molecule has 4 N–H and O–H groups in total. The van der Waals surface area contributed by atoms with E-state index in [4.69, 9.17) is 22.7 Å². The molecule has 0 atom stereocenters. The molecule has 6 nitrogen and oxygen atoms in total. The highest BCUT2D eigenvalue weighted by Gasteiger charge is 2.03. The molecule has 0 bridgehead atoms. The van der Waals surface area contributed by atoms with Gasteiger partial charge in [-0.3, -0.25) is 4.79 Å². The number of benzene rings is 1. The minimum absolute atomic E-state index is 0.0371. The van der Waals surface area contributed by atoms with E-state index in [1.165, 1.54) is 0 Å². The minimum Gasteiger partial charge on any atom is -0.484 e. The van der Waals surface area contributed by atoms with E-state index < -0.39 is 0 Å². The molecule has 0 aliphatic rings. The molecule has 0 radical (unpaired) electrons. The third-order valence-corrected chi connectivity index (χ3v) is 2.98. The standard InChI is InChI=1S/C14H16N4O2S/c15-14(21)10-1-3-11(4-2-10)20-9-13(19)18-6-5-12-16-7-8-17-12/h1-4,7-8H,5-6,9H2,(H2,15,21)(H,16,17)(H,18,19). The number of hydrogen-bond acceptors (Lipinski definition) is 4. The van der Waals surface area contributed by atoms with E-state index in [2.05, 4.69) is 15.3 Å². The molecule has 110 valence electrons. The van der Waals surface area contributed by atoms with Crippen molar-refractivity contribution < 1.29 is 9.53 Å². The number of aromatic amines is 1. The Morgan fingerprint density at radius 1 is 1.38 bits per heavy atom. The van der Waals surface area contributed by atoms with Gasteiger partial charge in [0, 0.05) is 30.9 Å². The number of H-pyrrole nitrogens is 1. The first-order valence-corrected chi connectivity index (χ1v) is 6.83. The molecule has 0 unspecified atom stereocenters. The molecule has 0 saturated heterocycles. The fraction of sp³-hybridized carbons (Fsp3) is 0.214. The molecule has 0 aliphatic carbocycles. The van der Waals surface area contributed by atoms with Gasteiger partial charge in [-0.2, -0.15) is 0 Å². The quantitative estimate of drug-likeness (QED) is 0.657. The Morgan fingerprint density at radius 2 is 2.14 bits per heavy atom. The molecule has 1 aromatic heterocycles. The summed E-state index contributed by atoms with van der Waals surface area (Å²) in [6.45, 7) is 0.473. The smallest absolute Gasteiger partial charge is 0.257 e. The second kappa shape index (κ2) is 7.39. The van der Waals surface area contributed by atoms with Crippen LogP contribution in [0.15, 0.2) is 36.7 Å². The number of nitrogens with zero attached hydrogens (tertiary/aromatic N) is 1. The summed E-state index contributed by atoms with van der Waals surface area (Å²) in [7, 11) is 0. The van der Waals surface area contributed by atoms with Crippen LogP contribution in [0.5, 0.6) is 5.75 Å². The number of amides is 1. The van der Waals surface area contributed by atoms with E-state index in [9.17, 15) is 4.79 Å². The van der Waals surface area contributed by atoms with Crippen molar-refractivity contribution >= 4 is 23.1 Å². The number of aromatic nitrogens is 2. The van der Waals surface area contributed by atoms with Crippen molar-refractivity contribution in [3.05, 3.63) is 48.0 Å². The predicted octanol–water partition coefficient (Wildman–Crippen LogP) is 0.782. The SMILES string of the molecule is NC(=S)c1ccc(OCC(=O)NCCc2ncc[nH]2)cc1. The number of nitrogens with two attached hydrogens (primary N) is 1. The van der Waals surface area contributed by atoms with Gasteiger partial charge >= 0.3 is 0 Å². The largest absolute Gasteiger partial charge is 0.484 e. The molecule has 0 saturated carbocycles. The van der Waals surface area contributed by atoms with Crippen LogP contribution in [-0.4, -0.2) is 34.0 Å². The Kier molecular flexibility index (Phi) is 5.28. The first-order valence-electron chi connectivity index (χ1n) is 6.43. The van der Waals surface area contributed by atoms with Crippen LogP contribution in [-0.2, 0) is 11.2 Å². The van der Waals surface area contributed by atoms with Crippen molar-refractivity contribution in [2.75, 3.05) is 13.2 Å². The van der Waals surface area contributed by atoms with Crippen LogP contribution >= 0.6 is 12.2 Å². The lowest BCUT2D eigenvalue weighted by molar-refractivity contribution is -0.123. The van der Waals surface area contributed by atoms with Crippen molar-refractivity contribution in [2.24, 2.45) is 5.73 Å². The number of thiocarbonyl (C=S) groups is 1. The molecule has 2 rings (SSSR count). The number of ether oxygens (including phenoxy) is 1. The fourth-order valence-corrected chi connectivity index (χ4v) is 1.81. The zero-order valence-electron chi connectivity index (χ0n) is 11.3. The van der Waals surface area contributed by atoms with Gasteiger partial charge in [0.15, 0.2) is 6.61 Å². The summed E-state index contributed by atoms with van der Waals surface area (Å²) in [6, 6.07) is 6.97. The second-order valence-electron chi connectivity index (χ2n) is 4.31. The Hall–Kier alpha value is -2.41. The van der Waals surface area contributed by atoms with Crippen molar-refractivity contribution in [3.8, 4) is 5.75 Å². The fourth-order valence-electron chi connectivity index (χ4n) is 1.67. The summed E-state index contributed by atoms with van der Waals surface area (Å²) in [6.07, 6.45) is 4.08. The van der Waals surface area contributed by atoms with Gasteiger partial charge < -0.3 is 20.8 Å². The van der Waals surface area contributed by atoms with Crippen LogP contribution in [0.1, 0.15) is 11.4 Å². The van der Waals surface area contributed by atoms with Gasteiger partial charge in [0.2, 0.25) is 0 Å². The highest BCUT2D eigenvalue weighted by molar-refractivity contribution is 7.80. The number of hydrogen-bond donors (Lipinski definition) is 3. The average molecular weight is 304 g/mol. The van der Waals surface area contributed by atoms with Gasteiger partial charge in [-0.05, 0) is 24.3 Å². The van der Waals surface area contributed by atoms with Crippen LogP contribution in [0.25, 0.3) is 0 Å². The van der Waals surface area contributed by atoms with E-state index in [0.717, 1.165) is 11.4 Å². The molecule has 7 heteroatoms. The molecule has 1 aromatic carbocycles. The number of imidazole rings is 1. The first-order chi connectivity index (χ1) is 10.1. The zero-order chi connectivity index (χ0) is 15.1. The minimum atomic E-state index is -0.181. The second-order valence-corrected chi connectivity index (χ2v) is 4.75. The lowest BCUT2D eigenvalue weighted by atomic mass is 10.2. The Balaban J connectivity index is 1.69. The zero-order valence-corrected chi connectivity index (χ0v) is 12.2. The molecule has 0 aliphatic heterocycles. The van der Waals surface area contributed by atoms with E-state index in [1.807, 2.05) is 0 Å². The van der Waals surface area contributed by atoms with Crippen molar-refractivity contribution in [2.45, 2.75) is 6.42 Å². The lowest BCUT2D eigenvalue weighted by Crippen LogP contribution is -2.30. The number of nitrogens with one attached hydrogen (secondary N) is 2. The van der Waals surface area contributed by atoms with Gasteiger partial charge in [0.25, 0.3) is 5.91 Å². The molecular formula is C14H16N4O2S. The van der Waals surface area contributed by atoms with E-state index in [1.54, 1.807) is 36.7 Å². The van der Waals surface area contributed by atoms with Gasteiger partial charge in [0.1, 0.15) is 16.6 Å². The van der Waals surface area contributed by atoms with Crippen molar-refractivity contribution in [3.63, 3.8) is 0 Å². The maximum Gasteiger partial charge on any atom is 0.257 e. The summed E-state index contributed by atoms with van der Waals surface area (Å²) in [5.74, 6) is 1.25. The summed E-state index contributed by atoms with van der Waals surface area (Å²) in [5, 5.41) is 2.76. The van der Waals surface area contributed by atoms with E-state index >= 15 is 0 Å². The van der Waals surface area contributed by atoms with Crippen LogP contribution in [0.2, 0.25) is 0 Å². The highest BCUT2D eigenvalue weighted by Crippen LogP contribution is 2.11. The highest BCUT2D eigenvalue weighted by atomic mass is 32.1. The lowest BCUT2D eigenvalue weighted by Gasteiger charge is -2.07. The van der Waals surface area contributed by atoms with Gasteiger partial charge in [-0.25, -0.2) is 4.98 Å². The van der Waals surface area contributed by atoms with Crippen molar-refractivity contribution in [1.29, 1.82) is 0 Å². The summed E-state index contributed by atoms with van der Waals surface area (Å²) >= 11 is 4.86. The van der Waals surface area contributed by atoms with Crippen LogP contribution in [0.3, 0.4) is 0 Å².